The molecule has 0 aliphatic carbocycles. The van der Waals surface area contributed by atoms with E-state index >= 15 is 0 Å². The van der Waals surface area contributed by atoms with Crippen molar-refractivity contribution in [1.29, 1.82) is 0 Å². The zero-order valence-electron chi connectivity index (χ0n) is 14.5. The molecule has 0 aromatic heterocycles. The molecule has 7 heteroatoms. The standard InChI is InChI=1S/C16H31N3O3S/c1-3-23(21,22)19-12-7-15(8-13-19)16(20)18-10-5-14(6-11-18)4-9-17-2/h14-15,17H,3-13H2,1-2H3. The van der Waals surface area contributed by atoms with Gasteiger partial charge in [0.2, 0.25) is 15.9 Å². The molecule has 2 aliphatic heterocycles. The quantitative estimate of drug-likeness (QED) is 0.776. The van der Waals surface area contributed by atoms with Crippen LogP contribution in [0.25, 0.3) is 0 Å². The average Bonchev–Trinajstić information content (AvgIpc) is 2.60. The first-order valence-electron chi connectivity index (χ1n) is 8.89. The summed E-state index contributed by atoms with van der Waals surface area (Å²) in [6.07, 6.45) is 4.70. The van der Waals surface area contributed by atoms with Crippen molar-refractivity contribution < 1.29 is 13.2 Å². The van der Waals surface area contributed by atoms with Crippen molar-refractivity contribution in [1.82, 2.24) is 14.5 Å². The van der Waals surface area contributed by atoms with Gasteiger partial charge in [-0.25, -0.2) is 12.7 Å². The lowest BCUT2D eigenvalue weighted by Gasteiger charge is -2.37. The van der Waals surface area contributed by atoms with Gasteiger partial charge in [-0.2, -0.15) is 0 Å². The lowest BCUT2D eigenvalue weighted by molar-refractivity contribution is -0.138. The van der Waals surface area contributed by atoms with Crippen LogP contribution in [-0.2, 0) is 14.8 Å². The summed E-state index contributed by atoms with van der Waals surface area (Å²) in [5.74, 6) is 1.12. The lowest BCUT2D eigenvalue weighted by atomic mass is 9.91. The highest BCUT2D eigenvalue weighted by molar-refractivity contribution is 7.89. The summed E-state index contributed by atoms with van der Waals surface area (Å²) in [5, 5.41) is 3.19. The monoisotopic (exact) mass is 345 g/mol. The van der Waals surface area contributed by atoms with Crippen LogP contribution in [0.2, 0.25) is 0 Å². The summed E-state index contributed by atoms with van der Waals surface area (Å²) in [6, 6.07) is 0. The Morgan fingerprint density at radius 1 is 1.09 bits per heavy atom. The molecule has 0 atom stereocenters. The molecule has 1 N–H and O–H groups in total. The fourth-order valence-corrected chi connectivity index (χ4v) is 4.74. The van der Waals surface area contributed by atoms with Crippen molar-refractivity contribution in [2.75, 3.05) is 45.5 Å². The molecule has 2 rings (SSSR count). The van der Waals surface area contributed by atoms with Crippen LogP contribution in [0.1, 0.15) is 39.0 Å². The van der Waals surface area contributed by atoms with Crippen LogP contribution in [0.15, 0.2) is 0 Å². The molecule has 0 saturated carbocycles. The zero-order chi connectivity index (χ0) is 16.9. The van der Waals surface area contributed by atoms with E-state index in [0.29, 0.717) is 25.9 Å². The third-order valence-electron chi connectivity index (χ3n) is 5.29. The zero-order valence-corrected chi connectivity index (χ0v) is 15.3. The fourth-order valence-electron chi connectivity index (χ4n) is 3.61. The second kappa shape index (κ2) is 8.44. The Balaban J connectivity index is 1.78. The highest BCUT2D eigenvalue weighted by Crippen LogP contribution is 2.26. The number of amides is 1. The normalized spacial score (nSPS) is 22.4. The average molecular weight is 346 g/mol. The van der Waals surface area contributed by atoms with Gasteiger partial charge in [-0.15, -0.1) is 0 Å². The van der Waals surface area contributed by atoms with Gasteiger partial charge in [0.25, 0.3) is 0 Å². The maximum Gasteiger partial charge on any atom is 0.225 e. The number of hydrogen-bond acceptors (Lipinski definition) is 4. The van der Waals surface area contributed by atoms with Gasteiger partial charge >= 0.3 is 0 Å². The van der Waals surface area contributed by atoms with Gasteiger partial charge in [-0.1, -0.05) is 0 Å². The van der Waals surface area contributed by atoms with Crippen LogP contribution in [0.3, 0.4) is 0 Å². The SMILES string of the molecule is CCS(=O)(=O)N1CCC(C(=O)N2CCC(CCNC)CC2)CC1. The lowest BCUT2D eigenvalue weighted by Crippen LogP contribution is -2.46. The Morgan fingerprint density at radius 3 is 2.22 bits per heavy atom. The predicted octanol–water partition coefficient (Wildman–Crippen LogP) is 0.896. The summed E-state index contributed by atoms with van der Waals surface area (Å²) in [6.45, 7) is 5.42. The molecule has 0 bridgehead atoms. The van der Waals surface area contributed by atoms with E-state index in [4.69, 9.17) is 0 Å². The van der Waals surface area contributed by atoms with E-state index in [1.54, 1.807) is 11.2 Å². The van der Waals surface area contributed by atoms with E-state index in [1.807, 2.05) is 11.9 Å². The first-order chi connectivity index (χ1) is 11.0. The predicted molar refractivity (Wildman–Crippen MR) is 91.6 cm³/mol. The summed E-state index contributed by atoms with van der Waals surface area (Å²) >= 11 is 0. The number of nitrogens with zero attached hydrogens (tertiary/aromatic N) is 2. The summed E-state index contributed by atoms with van der Waals surface area (Å²) in [7, 11) is -1.13. The Bertz CT molecular complexity index is 479. The van der Waals surface area contributed by atoms with Gasteiger partial charge in [0, 0.05) is 32.1 Å². The molecule has 134 valence electrons. The fraction of sp³-hybridized carbons (Fsp3) is 0.938. The van der Waals surface area contributed by atoms with Gasteiger partial charge in [0.15, 0.2) is 0 Å². The number of likely N-dealkylation sites (tertiary alicyclic amines) is 1. The van der Waals surface area contributed by atoms with Crippen molar-refractivity contribution in [3.63, 3.8) is 0 Å². The van der Waals surface area contributed by atoms with Crippen molar-refractivity contribution in [2.24, 2.45) is 11.8 Å². The van der Waals surface area contributed by atoms with Crippen molar-refractivity contribution in [2.45, 2.75) is 39.0 Å². The maximum atomic E-state index is 12.6. The van der Waals surface area contributed by atoms with E-state index in [-0.39, 0.29) is 17.6 Å². The molecular formula is C16H31N3O3S. The number of carbonyl (C=O) groups excluding carboxylic acids is 1. The minimum atomic E-state index is -3.11. The van der Waals surface area contributed by atoms with E-state index in [0.717, 1.165) is 38.4 Å². The molecule has 0 unspecified atom stereocenters. The molecular weight excluding hydrogens is 314 g/mol. The number of nitrogens with one attached hydrogen (secondary N) is 1. The van der Waals surface area contributed by atoms with E-state index in [9.17, 15) is 13.2 Å². The van der Waals surface area contributed by atoms with Crippen LogP contribution in [-0.4, -0.2) is 69.1 Å². The van der Waals surface area contributed by atoms with E-state index in [1.165, 1.54) is 6.42 Å². The van der Waals surface area contributed by atoms with E-state index in [2.05, 4.69) is 5.32 Å². The molecule has 1 amide bonds. The molecule has 0 radical (unpaired) electrons. The van der Waals surface area contributed by atoms with Crippen LogP contribution >= 0.6 is 0 Å². The Kier molecular flexibility index (Phi) is 6.85. The van der Waals surface area contributed by atoms with Gasteiger partial charge in [0.05, 0.1) is 5.75 Å². The Hall–Kier alpha value is -0.660. The molecule has 0 spiro atoms. The molecule has 0 aromatic rings. The highest BCUT2D eigenvalue weighted by atomic mass is 32.2. The van der Waals surface area contributed by atoms with Crippen molar-refractivity contribution >= 4 is 15.9 Å². The summed E-state index contributed by atoms with van der Waals surface area (Å²) in [4.78, 5) is 14.6. The topological polar surface area (TPSA) is 69.7 Å². The minimum absolute atomic E-state index is 0.00663. The molecule has 2 saturated heterocycles. The van der Waals surface area contributed by atoms with Gasteiger partial charge in [0.1, 0.15) is 0 Å². The summed E-state index contributed by atoms with van der Waals surface area (Å²) in [5.41, 5.74) is 0. The van der Waals surface area contributed by atoms with Crippen molar-refractivity contribution in [3.8, 4) is 0 Å². The second-order valence-corrected chi connectivity index (χ2v) is 8.99. The highest BCUT2D eigenvalue weighted by Gasteiger charge is 2.33. The molecule has 6 nitrogen and oxygen atoms in total. The Labute approximate surface area is 140 Å². The first kappa shape index (κ1) is 18.7. The number of rotatable bonds is 6. The number of hydrogen-bond donors (Lipinski definition) is 1. The van der Waals surface area contributed by atoms with Crippen LogP contribution < -0.4 is 5.32 Å². The third kappa shape index (κ3) is 4.90. The van der Waals surface area contributed by atoms with Crippen LogP contribution in [0, 0.1) is 11.8 Å². The van der Waals surface area contributed by atoms with Gasteiger partial charge in [-0.3, -0.25) is 4.79 Å². The van der Waals surface area contributed by atoms with Crippen LogP contribution in [0.4, 0.5) is 0 Å². The van der Waals surface area contributed by atoms with Gasteiger partial charge < -0.3 is 10.2 Å². The molecule has 2 heterocycles. The maximum absolute atomic E-state index is 12.6. The first-order valence-corrected chi connectivity index (χ1v) is 10.5. The molecule has 2 aliphatic rings. The largest absolute Gasteiger partial charge is 0.342 e. The van der Waals surface area contributed by atoms with Crippen LogP contribution in [0.5, 0.6) is 0 Å². The number of carbonyl (C=O) groups is 1. The Morgan fingerprint density at radius 2 is 1.70 bits per heavy atom. The van der Waals surface area contributed by atoms with E-state index < -0.39 is 10.0 Å². The second-order valence-electron chi connectivity index (χ2n) is 6.73. The molecule has 0 aromatic carbocycles. The minimum Gasteiger partial charge on any atom is -0.342 e. The molecule has 23 heavy (non-hydrogen) atoms. The number of sulfonamides is 1. The van der Waals surface area contributed by atoms with Crippen molar-refractivity contribution in [3.05, 3.63) is 0 Å². The number of piperidine rings is 2. The summed E-state index contributed by atoms with van der Waals surface area (Å²) < 4.78 is 25.3. The smallest absolute Gasteiger partial charge is 0.225 e. The van der Waals surface area contributed by atoms with Gasteiger partial charge in [-0.05, 0) is 58.5 Å². The molecule has 2 fully saturated rings. The third-order valence-corrected chi connectivity index (χ3v) is 7.17.